The van der Waals surface area contributed by atoms with Crippen molar-refractivity contribution in [3.05, 3.63) is 69.7 Å². The maximum absolute atomic E-state index is 14.3. The van der Waals surface area contributed by atoms with Crippen LogP contribution in [-0.2, 0) is 9.53 Å². The number of anilines is 3. The Balaban J connectivity index is 1.86. The van der Waals surface area contributed by atoms with E-state index in [2.05, 4.69) is 9.69 Å². The molecule has 206 valence electrons. The van der Waals surface area contributed by atoms with E-state index < -0.39 is 17.9 Å². The fourth-order valence-corrected chi connectivity index (χ4v) is 5.33. The Morgan fingerprint density at radius 3 is 2.46 bits per heavy atom. The van der Waals surface area contributed by atoms with Crippen molar-refractivity contribution in [3.63, 3.8) is 0 Å². The van der Waals surface area contributed by atoms with Gasteiger partial charge in [0.25, 0.3) is 11.8 Å². The number of hydrogen-bond acceptors (Lipinski definition) is 8. The number of nitrogens with one attached hydrogen (secondary N) is 1. The van der Waals surface area contributed by atoms with Gasteiger partial charge in [0.1, 0.15) is 10.9 Å². The molecule has 2 heterocycles. The zero-order valence-corrected chi connectivity index (χ0v) is 23.4. The fourth-order valence-electron chi connectivity index (χ4n) is 4.59. The molecule has 3 aromatic rings. The second kappa shape index (κ2) is 11.8. The molecule has 0 radical (unpaired) electrons. The van der Waals surface area contributed by atoms with Gasteiger partial charge in [0, 0.05) is 38.6 Å². The minimum absolute atomic E-state index is 0.0338. The first-order valence-electron chi connectivity index (χ1n) is 12.7. The van der Waals surface area contributed by atoms with Gasteiger partial charge >= 0.3 is 0 Å². The van der Waals surface area contributed by atoms with Gasteiger partial charge in [-0.1, -0.05) is 24.3 Å². The standard InChI is InChI=1S/C28H34N6O4S/c1-16-7-5-9-21(17(16)2)34(28(37)25-22(29)23(26(30)35)32-39-25)24(18-10-12-19(13-11-18)33(3)4)27(36)31-15-20-8-6-14-38-20/h5,7,9-13,20,24H,6,8,14-15,29H2,1-4H3,(H2,30,35)(H,31,36)/t20-,24-/m1/s1. The third kappa shape index (κ3) is 5.89. The van der Waals surface area contributed by atoms with Gasteiger partial charge in [-0.3, -0.25) is 19.3 Å². The number of aromatic nitrogens is 1. The smallest absolute Gasteiger partial charge is 0.273 e. The van der Waals surface area contributed by atoms with Crippen molar-refractivity contribution in [2.45, 2.75) is 38.8 Å². The van der Waals surface area contributed by atoms with E-state index >= 15 is 0 Å². The summed E-state index contributed by atoms with van der Waals surface area (Å²) in [6.45, 7) is 4.82. The Bertz CT molecular complexity index is 1360. The average molecular weight is 551 g/mol. The highest BCUT2D eigenvalue weighted by molar-refractivity contribution is 7.09. The van der Waals surface area contributed by atoms with Gasteiger partial charge in [-0.15, -0.1) is 0 Å². The topological polar surface area (TPSA) is 144 Å². The van der Waals surface area contributed by atoms with Crippen molar-refractivity contribution in [1.82, 2.24) is 9.69 Å². The van der Waals surface area contributed by atoms with Crippen molar-refractivity contribution in [1.29, 1.82) is 0 Å². The van der Waals surface area contributed by atoms with Crippen molar-refractivity contribution in [3.8, 4) is 0 Å². The van der Waals surface area contributed by atoms with Gasteiger partial charge in [-0.05, 0) is 73.1 Å². The molecule has 2 aromatic carbocycles. The van der Waals surface area contributed by atoms with Crippen molar-refractivity contribution in [2.75, 3.05) is 42.8 Å². The maximum atomic E-state index is 14.3. The third-order valence-corrected chi connectivity index (χ3v) is 7.82. The molecule has 0 unspecified atom stereocenters. The molecule has 0 spiro atoms. The molecule has 11 heteroatoms. The number of primary amides is 1. The highest BCUT2D eigenvalue weighted by Gasteiger charge is 2.37. The number of rotatable bonds is 9. The third-order valence-electron chi connectivity index (χ3n) is 6.97. The first kappa shape index (κ1) is 28.1. The molecule has 0 bridgehead atoms. The van der Waals surface area contributed by atoms with Crippen LogP contribution in [0.25, 0.3) is 0 Å². The van der Waals surface area contributed by atoms with Gasteiger partial charge in [0.05, 0.1) is 11.8 Å². The highest BCUT2D eigenvalue weighted by atomic mass is 32.1. The van der Waals surface area contributed by atoms with E-state index in [0.29, 0.717) is 24.4 Å². The van der Waals surface area contributed by atoms with Crippen LogP contribution < -0.4 is 26.6 Å². The Kier molecular flexibility index (Phi) is 8.51. The van der Waals surface area contributed by atoms with Crippen molar-refractivity contribution in [2.24, 2.45) is 5.73 Å². The second-order valence-electron chi connectivity index (χ2n) is 9.80. The van der Waals surface area contributed by atoms with Crippen LogP contribution in [0.4, 0.5) is 17.1 Å². The van der Waals surface area contributed by atoms with E-state index in [-0.39, 0.29) is 28.3 Å². The molecule has 1 saturated heterocycles. The molecule has 1 fully saturated rings. The average Bonchev–Trinajstić information content (AvgIpc) is 3.57. The molecule has 4 rings (SSSR count). The van der Waals surface area contributed by atoms with Crippen molar-refractivity contribution >= 4 is 46.3 Å². The number of carbonyl (C=O) groups excluding carboxylic acids is 3. The van der Waals surface area contributed by atoms with Crippen LogP contribution in [0.3, 0.4) is 0 Å². The zero-order chi connectivity index (χ0) is 28.3. The maximum Gasteiger partial charge on any atom is 0.273 e. The van der Waals surface area contributed by atoms with Gasteiger partial charge in [-0.2, -0.15) is 4.37 Å². The second-order valence-corrected chi connectivity index (χ2v) is 10.6. The largest absolute Gasteiger partial charge is 0.395 e. The van der Waals surface area contributed by atoms with Gasteiger partial charge in [0.2, 0.25) is 5.91 Å². The number of benzene rings is 2. The van der Waals surface area contributed by atoms with Crippen LogP contribution in [0.2, 0.25) is 0 Å². The molecule has 0 aliphatic carbocycles. The van der Waals surface area contributed by atoms with Gasteiger partial charge < -0.3 is 26.4 Å². The normalized spacial score (nSPS) is 15.5. The monoisotopic (exact) mass is 550 g/mol. The number of carbonyl (C=O) groups is 3. The number of amides is 3. The number of nitrogen functional groups attached to an aromatic ring is 1. The summed E-state index contributed by atoms with van der Waals surface area (Å²) in [5, 5.41) is 3.00. The molecule has 3 amide bonds. The summed E-state index contributed by atoms with van der Waals surface area (Å²) < 4.78 is 9.72. The van der Waals surface area contributed by atoms with E-state index in [1.165, 1.54) is 4.90 Å². The molecule has 2 atom stereocenters. The molecule has 1 aliphatic rings. The number of nitrogens with two attached hydrogens (primary N) is 2. The van der Waals surface area contributed by atoms with Gasteiger partial charge in [-0.25, -0.2) is 0 Å². The molecule has 0 saturated carbocycles. The van der Waals surface area contributed by atoms with Crippen molar-refractivity contribution < 1.29 is 19.1 Å². The summed E-state index contributed by atoms with van der Waals surface area (Å²) in [4.78, 5) is 43.5. The highest BCUT2D eigenvalue weighted by Crippen LogP contribution is 2.36. The Hall–Kier alpha value is -3.96. The Morgan fingerprint density at radius 2 is 1.87 bits per heavy atom. The SMILES string of the molecule is Cc1cccc(N(C(=O)c2snc(C(N)=O)c2N)[C@@H](C(=O)NC[C@H]2CCCO2)c2ccc(N(C)C)cc2)c1C. The van der Waals surface area contributed by atoms with E-state index in [4.69, 9.17) is 16.2 Å². The zero-order valence-electron chi connectivity index (χ0n) is 22.6. The van der Waals surface area contributed by atoms with E-state index in [1.807, 2.05) is 69.2 Å². The predicted molar refractivity (Wildman–Crippen MR) is 153 cm³/mol. The molecule has 5 N–H and O–H groups in total. The van der Waals surface area contributed by atoms with Gasteiger partial charge in [0.15, 0.2) is 5.69 Å². The summed E-state index contributed by atoms with van der Waals surface area (Å²) in [5.74, 6) is -1.75. The molecule has 1 aliphatic heterocycles. The quantitative estimate of drug-likeness (QED) is 0.371. The van der Waals surface area contributed by atoms with Crippen LogP contribution in [0.1, 0.15) is 55.7 Å². The van der Waals surface area contributed by atoms with Crippen LogP contribution in [0.5, 0.6) is 0 Å². The first-order chi connectivity index (χ1) is 18.6. The minimum Gasteiger partial charge on any atom is -0.395 e. The van der Waals surface area contributed by atoms with E-state index in [0.717, 1.165) is 41.2 Å². The summed E-state index contributed by atoms with van der Waals surface area (Å²) in [6, 6.07) is 12.0. The van der Waals surface area contributed by atoms with Crippen LogP contribution in [-0.4, -0.2) is 55.4 Å². The molecule has 39 heavy (non-hydrogen) atoms. The molecule has 10 nitrogen and oxygen atoms in total. The van der Waals surface area contributed by atoms with E-state index in [9.17, 15) is 14.4 Å². The Morgan fingerprint density at radius 1 is 1.15 bits per heavy atom. The van der Waals surface area contributed by atoms with Crippen LogP contribution in [0.15, 0.2) is 42.5 Å². The van der Waals surface area contributed by atoms with Crippen LogP contribution in [0, 0.1) is 13.8 Å². The van der Waals surface area contributed by atoms with Crippen LogP contribution >= 0.6 is 11.5 Å². The lowest BCUT2D eigenvalue weighted by Crippen LogP contribution is -2.46. The Labute approximate surface area is 232 Å². The lowest BCUT2D eigenvalue weighted by atomic mass is 9.99. The lowest BCUT2D eigenvalue weighted by molar-refractivity contribution is -0.123. The fraction of sp³-hybridized carbons (Fsp3) is 0.357. The van der Waals surface area contributed by atoms with E-state index in [1.54, 1.807) is 6.07 Å². The summed E-state index contributed by atoms with van der Waals surface area (Å²) in [7, 11) is 3.85. The number of hydrogen-bond donors (Lipinski definition) is 3. The lowest BCUT2D eigenvalue weighted by Gasteiger charge is -2.33. The summed E-state index contributed by atoms with van der Waals surface area (Å²) in [6.07, 6.45) is 1.72. The minimum atomic E-state index is -1.05. The number of ether oxygens (including phenoxy) is 1. The first-order valence-corrected chi connectivity index (χ1v) is 13.5. The number of nitrogens with zero attached hydrogens (tertiary/aromatic N) is 3. The summed E-state index contributed by atoms with van der Waals surface area (Å²) in [5.41, 5.74) is 15.2. The molecular weight excluding hydrogens is 516 g/mol. The summed E-state index contributed by atoms with van der Waals surface area (Å²) >= 11 is 0.785. The predicted octanol–water partition coefficient (Wildman–Crippen LogP) is 3.19. The molecular formula is C28H34N6O4S. The molecule has 1 aromatic heterocycles. The number of aryl methyl sites for hydroxylation is 1.